The molecule has 6 rings (SSSR count). The van der Waals surface area contributed by atoms with E-state index in [1.165, 1.54) is 17.2 Å². The van der Waals surface area contributed by atoms with E-state index in [1.807, 2.05) is 60.6 Å². The number of amides is 1. The van der Waals surface area contributed by atoms with Crippen LogP contribution >= 0.6 is 0 Å². The Balaban J connectivity index is 1.36. The van der Waals surface area contributed by atoms with Crippen molar-refractivity contribution in [1.82, 2.24) is 39.4 Å². The highest BCUT2D eigenvalue weighted by molar-refractivity contribution is 5.69. The van der Waals surface area contributed by atoms with Crippen molar-refractivity contribution in [3.8, 4) is 28.7 Å². The van der Waals surface area contributed by atoms with Crippen LogP contribution < -0.4 is 9.64 Å². The Morgan fingerprint density at radius 3 is 2.19 bits per heavy atom. The second-order valence-corrected chi connectivity index (χ2v) is 15.0. The Kier molecular flexibility index (Phi) is 10.2. The summed E-state index contributed by atoms with van der Waals surface area (Å²) < 4.78 is 53.7. The molecule has 15 heteroatoms. The molecule has 52 heavy (non-hydrogen) atoms. The predicted octanol–water partition coefficient (Wildman–Crippen LogP) is 7.86. The number of methoxy groups -OCH3 is 1. The van der Waals surface area contributed by atoms with Gasteiger partial charge in [0.05, 0.1) is 12.8 Å². The molecule has 1 aromatic carbocycles. The number of halogens is 3. The van der Waals surface area contributed by atoms with E-state index in [4.69, 9.17) is 14.5 Å². The van der Waals surface area contributed by atoms with Crippen LogP contribution in [0, 0.1) is 0 Å². The van der Waals surface area contributed by atoms with Gasteiger partial charge in [-0.1, -0.05) is 24.3 Å². The van der Waals surface area contributed by atoms with Crippen LogP contribution in [0.15, 0.2) is 43.1 Å². The highest BCUT2D eigenvalue weighted by Crippen LogP contribution is 2.45. The van der Waals surface area contributed by atoms with Gasteiger partial charge < -0.3 is 23.8 Å². The van der Waals surface area contributed by atoms with Crippen LogP contribution in [-0.4, -0.2) is 76.3 Å². The Labute approximate surface area is 301 Å². The molecule has 1 saturated heterocycles. The number of rotatable bonds is 9. The van der Waals surface area contributed by atoms with Crippen LogP contribution in [0.2, 0.25) is 0 Å². The number of aromatic nitrogens is 7. The van der Waals surface area contributed by atoms with E-state index >= 15 is 0 Å². The van der Waals surface area contributed by atoms with Crippen LogP contribution in [0.1, 0.15) is 103 Å². The number of ether oxygens (including phenoxy) is 2. The van der Waals surface area contributed by atoms with Gasteiger partial charge in [0, 0.05) is 48.4 Å². The number of carbonyl (C=O) groups excluding carboxylic acids is 1. The molecular formula is C37H46F3N9O3. The maximum atomic E-state index is 13.6. The second kappa shape index (κ2) is 14.3. The number of benzene rings is 1. The number of hydrogen-bond donors (Lipinski definition) is 0. The van der Waals surface area contributed by atoms with Crippen LogP contribution in [0.3, 0.4) is 0 Å². The van der Waals surface area contributed by atoms with Crippen molar-refractivity contribution in [2.45, 2.75) is 123 Å². The van der Waals surface area contributed by atoms with Gasteiger partial charge in [-0.15, -0.1) is 0 Å². The van der Waals surface area contributed by atoms with E-state index in [-0.39, 0.29) is 42.0 Å². The molecule has 2 aliphatic rings. The molecule has 278 valence electrons. The van der Waals surface area contributed by atoms with Crippen LogP contribution in [0.4, 0.5) is 23.9 Å². The van der Waals surface area contributed by atoms with Crippen LogP contribution in [-0.2, 0) is 17.5 Å². The number of alkyl halides is 3. The van der Waals surface area contributed by atoms with Gasteiger partial charge in [-0.25, -0.2) is 29.7 Å². The summed E-state index contributed by atoms with van der Waals surface area (Å²) in [4.78, 5) is 44.2. The van der Waals surface area contributed by atoms with Gasteiger partial charge in [-0.05, 0) is 79.7 Å². The quantitative estimate of drug-likeness (QED) is 0.169. The van der Waals surface area contributed by atoms with E-state index in [9.17, 15) is 18.0 Å². The number of likely N-dealkylation sites (tertiary alicyclic amines) is 1. The van der Waals surface area contributed by atoms with Gasteiger partial charge in [0.1, 0.15) is 29.6 Å². The normalized spacial score (nSPS) is 19.5. The molecule has 1 amide bonds. The Bertz CT molecular complexity index is 1880. The van der Waals surface area contributed by atoms with Gasteiger partial charge in [0.15, 0.2) is 11.5 Å². The Morgan fingerprint density at radius 2 is 1.62 bits per heavy atom. The zero-order valence-electron chi connectivity index (χ0n) is 30.8. The molecule has 1 aliphatic heterocycles. The molecule has 2 fully saturated rings. The Hall–Kier alpha value is -4.82. The summed E-state index contributed by atoms with van der Waals surface area (Å²) in [6, 6.07) is 6.73. The summed E-state index contributed by atoms with van der Waals surface area (Å²) in [7, 11) is 1.55. The first kappa shape index (κ1) is 37.0. The van der Waals surface area contributed by atoms with Gasteiger partial charge in [-0.3, -0.25) is 0 Å². The number of imidazole rings is 1. The fourth-order valence-electron chi connectivity index (χ4n) is 6.89. The number of hydrogen-bond acceptors (Lipinski definition) is 10. The van der Waals surface area contributed by atoms with Crippen molar-refractivity contribution in [2.75, 3.05) is 12.0 Å². The monoisotopic (exact) mass is 721 g/mol. The molecule has 4 heterocycles. The molecule has 0 spiro atoms. The molecule has 12 nitrogen and oxygen atoms in total. The average molecular weight is 722 g/mol. The van der Waals surface area contributed by atoms with E-state index in [0.29, 0.717) is 48.2 Å². The van der Waals surface area contributed by atoms with Crippen molar-refractivity contribution in [1.29, 1.82) is 0 Å². The van der Waals surface area contributed by atoms with Gasteiger partial charge >= 0.3 is 12.3 Å². The van der Waals surface area contributed by atoms with E-state index in [0.717, 1.165) is 30.3 Å². The van der Waals surface area contributed by atoms with E-state index < -0.39 is 17.5 Å². The molecule has 1 saturated carbocycles. The molecule has 3 aromatic heterocycles. The topological polar surface area (TPSA) is 124 Å². The predicted molar refractivity (Wildman–Crippen MR) is 189 cm³/mol. The number of carbonyl (C=O) groups is 1. The third-order valence-electron chi connectivity index (χ3n) is 9.40. The summed E-state index contributed by atoms with van der Waals surface area (Å²) in [5, 5.41) is 0. The minimum atomic E-state index is -4.55. The average Bonchev–Trinajstić information content (AvgIpc) is 3.82. The van der Waals surface area contributed by atoms with Crippen LogP contribution in [0.25, 0.3) is 22.8 Å². The van der Waals surface area contributed by atoms with Crippen molar-refractivity contribution in [3.05, 3.63) is 60.1 Å². The molecule has 0 radical (unpaired) electrons. The molecular weight excluding hydrogens is 675 g/mol. The van der Waals surface area contributed by atoms with Crippen molar-refractivity contribution in [2.24, 2.45) is 0 Å². The summed E-state index contributed by atoms with van der Waals surface area (Å²) in [6.45, 7) is 13.6. The standard InChI is InChI=1S/C37H46F3N9O3/c1-21(2)47-18-28(37(38,39)40)45-32(47)26-11-9-24(10-12-26)17-48(27-15-22(3)49(23(4)16-27)35(50)52-36(5,6)7)34-44-20-42-31(46-34)29-30(25-13-14-25)41-19-43-33(29)51-8/h9-12,18-23,25,27H,13-17H2,1-8H3/t22-,23-/m0/s1. The first-order chi connectivity index (χ1) is 24.5. The molecule has 0 unspecified atom stereocenters. The number of anilines is 1. The maximum Gasteiger partial charge on any atom is 0.434 e. The number of piperidine rings is 1. The van der Waals surface area contributed by atoms with Gasteiger partial charge in [0.25, 0.3) is 0 Å². The highest BCUT2D eigenvalue weighted by Gasteiger charge is 2.40. The fourth-order valence-corrected chi connectivity index (χ4v) is 6.89. The van der Waals surface area contributed by atoms with E-state index in [1.54, 1.807) is 24.1 Å². The highest BCUT2D eigenvalue weighted by atomic mass is 19.4. The van der Waals surface area contributed by atoms with Gasteiger partial charge in [0.2, 0.25) is 11.8 Å². The smallest absolute Gasteiger partial charge is 0.434 e. The third kappa shape index (κ3) is 7.97. The molecule has 4 aromatic rings. The fraction of sp³-hybridized carbons (Fsp3) is 0.541. The zero-order valence-corrected chi connectivity index (χ0v) is 30.8. The first-order valence-electron chi connectivity index (χ1n) is 17.7. The minimum Gasteiger partial charge on any atom is -0.480 e. The first-order valence-corrected chi connectivity index (χ1v) is 17.7. The summed E-state index contributed by atoms with van der Waals surface area (Å²) in [5.74, 6) is 1.74. The molecule has 0 bridgehead atoms. The molecule has 1 aliphatic carbocycles. The number of nitrogens with zero attached hydrogens (tertiary/aromatic N) is 9. The largest absolute Gasteiger partial charge is 0.480 e. The van der Waals surface area contributed by atoms with Crippen molar-refractivity contribution < 1.29 is 27.4 Å². The van der Waals surface area contributed by atoms with Gasteiger partial charge in [-0.2, -0.15) is 18.2 Å². The Morgan fingerprint density at radius 1 is 0.962 bits per heavy atom. The van der Waals surface area contributed by atoms with Crippen molar-refractivity contribution in [3.63, 3.8) is 0 Å². The van der Waals surface area contributed by atoms with E-state index in [2.05, 4.69) is 29.8 Å². The SMILES string of the molecule is COc1ncnc(C2CC2)c1-c1ncnc(N(Cc2ccc(-c3nc(C(F)(F)F)cn3C(C)C)cc2)C2C[C@H](C)N(C(=O)OC(C)(C)C)[C@@H](C)C2)n1. The lowest BCUT2D eigenvalue weighted by molar-refractivity contribution is -0.140. The zero-order chi connectivity index (χ0) is 37.5. The lowest BCUT2D eigenvalue weighted by Gasteiger charge is -2.46. The summed E-state index contributed by atoms with van der Waals surface area (Å²) >= 11 is 0. The summed E-state index contributed by atoms with van der Waals surface area (Å²) in [5.41, 5.74) is 1.38. The molecule has 0 N–H and O–H groups in total. The minimum absolute atomic E-state index is 0.0929. The van der Waals surface area contributed by atoms with Crippen molar-refractivity contribution >= 4 is 12.0 Å². The second-order valence-electron chi connectivity index (χ2n) is 15.0. The summed E-state index contributed by atoms with van der Waals surface area (Å²) in [6.07, 6.45) is 2.36. The lowest BCUT2D eigenvalue weighted by atomic mass is 9.91. The van der Waals surface area contributed by atoms with Crippen LogP contribution in [0.5, 0.6) is 5.88 Å². The lowest BCUT2D eigenvalue weighted by Crippen LogP contribution is -2.56. The molecule has 2 atom stereocenters. The third-order valence-corrected chi connectivity index (χ3v) is 9.40. The maximum absolute atomic E-state index is 13.6.